The lowest BCUT2D eigenvalue weighted by molar-refractivity contribution is 0.0298. The Morgan fingerprint density at radius 2 is 2.26 bits per heavy atom. The van der Waals surface area contributed by atoms with Crippen molar-refractivity contribution >= 4 is 28.8 Å². The first-order valence-corrected chi connectivity index (χ1v) is 12.6. The summed E-state index contributed by atoms with van der Waals surface area (Å²) in [5.74, 6) is -0.808. The third kappa shape index (κ3) is 3.94. The van der Waals surface area contributed by atoms with Crippen molar-refractivity contribution in [3.8, 4) is 6.07 Å². The van der Waals surface area contributed by atoms with Crippen molar-refractivity contribution in [2.24, 2.45) is 16.6 Å². The van der Waals surface area contributed by atoms with Crippen LogP contribution in [-0.4, -0.2) is 51.6 Å². The number of nitrogens with two attached hydrogens (primary N) is 1. The van der Waals surface area contributed by atoms with Gasteiger partial charge < -0.3 is 10.5 Å². The molecule has 0 spiro atoms. The Morgan fingerprint density at radius 3 is 3.03 bits per heavy atom. The highest BCUT2D eigenvalue weighted by atomic mass is 32.2. The smallest absolute Gasteiger partial charge is 0.155 e. The molecule has 0 bridgehead atoms. The van der Waals surface area contributed by atoms with Crippen molar-refractivity contribution in [1.82, 2.24) is 9.88 Å². The van der Waals surface area contributed by atoms with Gasteiger partial charge in [0.25, 0.3) is 0 Å². The molecule has 35 heavy (non-hydrogen) atoms. The number of nitriles is 1. The number of hydrogen-bond donors (Lipinski definition) is 1. The summed E-state index contributed by atoms with van der Waals surface area (Å²) in [6, 6.07) is 9.97. The highest BCUT2D eigenvalue weighted by molar-refractivity contribution is 8.15. The molecule has 9 heteroatoms. The molecule has 180 valence electrons. The van der Waals surface area contributed by atoms with E-state index in [-0.39, 0.29) is 22.2 Å². The van der Waals surface area contributed by atoms with Crippen LogP contribution in [0.2, 0.25) is 0 Å². The zero-order valence-corrected chi connectivity index (χ0v) is 20.1. The van der Waals surface area contributed by atoms with Crippen LogP contribution in [0.25, 0.3) is 11.9 Å². The summed E-state index contributed by atoms with van der Waals surface area (Å²) in [5, 5.41) is 9.38. The SMILES string of the molecule is C[C@]1(c2cc(/C=C(\F)c3ccc(C#N)cn3)ccc2F)N=C(N)S[C@@]2(CN3CCO[C@@H]4C[C@@H]43)C[C@H]21. The molecule has 3 fully saturated rings. The summed E-state index contributed by atoms with van der Waals surface area (Å²) in [6.45, 7) is 4.48. The highest BCUT2D eigenvalue weighted by Crippen LogP contribution is 2.66. The van der Waals surface area contributed by atoms with E-state index in [4.69, 9.17) is 20.7 Å². The van der Waals surface area contributed by atoms with Gasteiger partial charge in [0, 0.05) is 41.6 Å². The third-order valence-electron chi connectivity index (χ3n) is 7.67. The molecule has 2 N–H and O–H groups in total. The van der Waals surface area contributed by atoms with Gasteiger partial charge in [-0.2, -0.15) is 5.26 Å². The molecule has 2 aliphatic heterocycles. The predicted octanol–water partition coefficient (Wildman–Crippen LogP) is 4.07. The van der Waals surface area contributed by atoms with E-state index in [0.717, 1.165) is 32.5 Å². The lowest BCUT2D eigenvalue weighted by Gasteiger charge is -2.37. The van der Waals surface area contributed by atoms with Gasteiger partial charge in [0.2, 0.25) is 0 Å². The first-order valence-electron chi connectivity index (χ1n) is 11.7. The van der Waals surface area contributed by atoms with Gasteiger partial charge in [0.1, 0.15) is 17.7 Å². The average molecular weight is 494 g/mol. The molecule has 2 aliphatic carbocycles. The molecule has 3 heterocycles. The van der Waals surface area contributed by atoms with Crippen LogP contribution < -0.4 is 5.73 Å². The lowest BCUT2D eigenvalue weighted by atomic mass is 9.84. The summed E-state index contributed by atoms with van der Waals surface area (Å²) >= 11 is 1.61. The average Bonchev–Trinajstić information content (AvgIpc) is 3.75. The van der Waals surface area contributed by atoms with Crippen LogP contribution in [0.15, 0.2) is 41.5 Å². The van der Waals surface area contributed by atoms with Crippen molar-refractivity contribution in [1.29, 1.82) is 5.26 Å². The first-order chi connectivity index (χ1) is 16.8. The van der Waals surface area contributed by atoms with Crippen LogP contribution in [0.5, 0.6) is 0 Å². The molecule has 1 aromatic heterocycles. The molecular weight excluding hydrogens is 468 g/mol. The molecule has 2 saturated carbocycles. The van der Waals surface area contributed by atoms with E-state index in [1.54, 1.807) is 17.8 Å². The minimum absolute atomic E-state index is 0.0962. The maximum absolute atomic E-state index is 15.2. The van der Waals surface area contributed by atoms with Crippen LogP contribution in [-0.2, 0) is 10.3 Å². The zero-order chi connectivity index (χ0) is 24.4. The van der Waals surface area contributed by atoms with Crippen LogP contribution in [0.1, 0.15) is 42.1 Å². The van der Waals surface area contributed by atoms with E-state index in [0.29, 0.717) is 34.0 Å². The van der Waals surface area contributed by atoms with Crippen molar-refractivity contribution < 1.29 is 13.5 Å². The van der Waals surface area contributed by atoms with Crippen molar-refractivity contribution in [2.45, 2.75) is 42.2 Å². The number of nitrogens with zero attached hydrogens (tertiary/aromatic N) is 4. The van der Waals surface area contributed by atoms with E-state index in [1.165, 1.54) is 36.5 Å². The van der Waals surface area contributed by atoms with E-state index >= 15 is 4.39 Å². The number of fused-ring (bicyclic) bond motifs is 2. The fourth-order valence-electron chi connectivity index (χ4n) is 5.70. The molecule has 6 rings (SSSR count). The van der Waals surface area contributed by atoms with Crippen LogP contribution >= 0.6 is 11.8 Å². The van der Waals surface area contributed by atoms with Gasteiger partial charge in [0.05, 0.1) is 29.5 Å². The molecule has 0 amide bonds. The number of aliphatic imine (C=N–C) groups is 1. The normalized spacial score (nSPS) is 33.8. The molecule has 1 saturated heterocycles. The topological polar surface area (TPSA) is 87.5 Å². The minimum Gasteiger partial charge on any atom is -0.378 e. The maximum Gasteiger partial charge on any atom is 0.155 e. The van der Waals surface area contributed by atoms with Gasteiger partial charge in [-0.25, -0.2) is 8.78 Å². The number of halogens is 2. The lowest BCUT2D eigenvalue weighted by Crippen LogP contribution is -2.45. The van der Waals surface area contributed by atoms with E-state index in [1.807, 2.05) is 13.0 Å². The van der Waals surface area contributed by atoms with E-state index in [9.17, 15) is 4.39 Å². The number of hydrogen-bond acceptors (Lipinski definition) is 7. The second-order valence-electron chi connectivity index (χ2n) is 9.98. The van der Waals surface area contributed by atoms with Gasteiger partial charge in [-0.3, -0.25) is 14.9 Å². The van der Waals surface area contributed by atoms with Gasteiger partial charge in [-0.15, -0.1) is 0 Å². The molecule has 6 nitrogen and oxygen atoms in total. The van der Waals surface area contributed by atoms with E-state index < -0.39 is 11.4 Å². The van der Waals surface area contributed by atoms with Crippen molar-refractivity contribution in [3.63, 3.8) is 0 Å². The Morgan fingerprint density at radius 1 is 1.40 bits per heavy atom. The summed E-state index contributed by atoms with van der Waals surface area (Å²) in [5.41, 5.74) is 6.88. The fraction of sp³-hybridized carbons (Fsp3) is 0.423. The second-order valence-corrected chi connectivity index (χ2v) is 11.4. The van der Waals surface area contributed by atoms with Crippen molar-refractivity contribution in [3.05, 3.63) is 64.7 Å². The standard InChI is InChI=1S/C26H25F2N5OS/c1-25(23-11-26(23,35-24(30)32-25)14-33-6-7-34-22-10-21(22)33)17-8-15(2-4-18(17)27)9-19(28)20-5-3-16(12-29)13-31-20/h2-5,8-9,13,21-23H,6-7,10-11,14H2,1H3,(H2,30,32)/b19-9-/t21-,22+,23-,25+,26+/m0/s1. The second kappa shape index (κ2) is 8.12. The van der Waals surface area contributed by atoms with Crippen LogP contribution in [0, 0.1) is 23.1 Å². The molecule has 4 aliphatic rings. The summed E-state index contributed by atoms with van der Waals surface area (Å²) in [6.07, 6.45) is 4.98. The molecule has 5 atom stereocenters. The number of morpholine rings is 1. The molecule has 0 radical (unpaired) electrons. The maximum atomic E-state index is 15.2. The Balaban J connectivity index is 1.29. The Kier molecular flexibility index (Phi) is 5.25. The third-order valence-corrected chi connectivity index (χ3v) is 8.96. The summed E-state index contributed by atoms with van der Waals surface area (Å²) < 4.78 is 35.8. The number of pyridine rings is 1. The zero-order valence-electron chi connectivity index (χ0n) is 19.2. The van der Waals surface area contributed by atoms with Crippen molar-refractivity contribution in [2.75, 3.05) is 19.7 Å². The van der Waals surface area contributed by atoms with Gasteiger partial charge >= 0.3 is 0 Å². The van der Waals surface area contributed by atoms with Gasteiger partial charge in [-0.05, 0) is 55.7 Å². The number of benzene rings is 1. The number of rotatable bonds is 5. The van der Waals surface area contributed by atoms with Crippen LogP contribution in [0.3, 0.4) is 0 Å². The number of ether oxygens (including phenoxy) is 1. The number of thioether (sulfide) groups is 1. The first kappa shape index (κ1) is 22.7. The molecule has 0 unspecified atom stereocenters. The number of amidine groups is 1. The largest absolute Gasteiger partial charge is 0.378 e. The quantitative estimate of drug-likeness (QED) is 0.676. The van der Waals surface area contributed by atoms with E-state index in [2.05, 4.69) is 9.88 Å². The molecule has 1 aromatic carbocycles. The Hall–Kier alpha value is -2.80. The van der Waals surface area contributed by atoms with Gasteiger partial charge in [0.15, 0.2) is 5.17 Å². The Labute approximate surface area is 206 Å². The Bertz CT molecular complexity index is 1290. The summed E-state index contributed by atoms with van der Waals surface area (Å²) in [4.78, 5) is 11.2. The fourth-order valence-corrected chi connectivity index (χ4v) is 7.20. The predicted molar refractivity (Wildman–Crippen MR) is 131 cm³/mol. The highest BCUT2D eigenvalue weighted by Gasteiger charge is 2.67. The van der Waals surface area contributed by atoms with Crippen LogP contribution in [0.4, 0.5) is 8.78 Å². The molecule has 2 aromatic rings. The number of aromatic nitrogens is 1. The molecular formula is C26H25F2N5OS. The minimum atomic E-state index is -0.832. The summed E-state index contributed by atoms with van der Waals surface area (Å²) in [7, 11) is 0. The monoisotopic (exact) mass is 493 g/mol. The van der Waals surface area contributed by atoms with Gasteiger partial charge in [-0.1, -0.05) is 17.8 Å².